The molecule has 0 aromatic heterocycles. The zero-order valence-electron chi connectivity index (χ0n) is 12.5. The summed E-state index contributed by atoms with van der Waals surface area (Å²) < 4.78 is 10.5. The van der Waals surface area contributed by atoms with Crippen LogP contribution in [0.2, 0.25) is 0 Å². The summed E-state index contributed by atoms with van der Waals surface area (Å²) in [5, 5.41) is 16.1. The number of carboxylic acids is 1. The third-order valence-corrected chi connectivity index (χ3v) is 3.37. The summed E-state index contributed by atoms with van der Waals surface area (Å²) in [4.78, 5) is 10.4. The molecule has 0 spiro atoms. The Morgan fingerprint density at radius 1 is 1.48 bits per heavy atom. The summed E-state index contributed by atoms with van der Waals surface area (Å²) >= 11 is 5.12. The van der Waals surface area contributed by atoms with E-state index < -0.39 is 5.97 Å². The van der Waals surface area contributed by atoms with Crippen LogP contribution in [-0.2, 0) is 9.53 Å². The normalized spacial score (nSPS) is 17.1. The second kappa shape index (κ2) is 9.06. The van der Waals surface area contributed by atoms with E-state index in [0.29, 0.717) is 17.4 Å². The maximum Gasteiger partial charge on any atom is 0.341 e. The lowest BCUT2D eigenvalue weighted by Gasteiger charge is -2.11. The Hall–Kier alpha value is -2.19. The second-order valence-corrected chi connectivity index (χ2v) is 5.37. The van der Waals surface area contributed by atoms with Gasteiger partial charge in [-0.15, -0.1) is 0 Å². The topological polar surface area (TPSA) is 92.2 Å². The van der Waals surface area contributed by atoms with Crippen molar-refractivity contribution >= 4 is 29.5 Å². The standard InChI is InChI=1S/C15H19N3O4S/c19-14(20)10-22-12-5-3-11(4-6-12)8-17-18-15(23)16-9-13-2-1-7-21-13/h3-6,8,13H,1-2,7,9-10H2,(H,19,20)(H2,16,18,23)/b17-8-/t13-/m0/s1. The first-order valence-electron chi connectivity index (χ1n) is 7.26. The van der Waals surface area contributed by atoms with Crippen molar-refractivity contribution in [2.24, 2.45) is 5.10 Å². The van der Waals surface area contributed by atoms with Crippen LogP contribution >= 0.6 is 12.2 Å². The monoisotopic (exact) mass is 337 g/mol. The fraction of sp³-hybridized carbons (Fsp3) is 0.400. The van der Waals surface area contributed by atoms with Crippen LogP contribution in [0.4, 0.5) is 0 Å². The number of hydrogen-bond acceptors (Lipinski definition) is 5. The highest BCUT2D eigenvalue weighted by molar-refractivity contribution is 7.80. The third kappa shape index (κ3) is 6.62. The number of hydrazone groups is 1. The molecular weight excluding hydrogens is 318 g/mol. The first-order valence-corrected chi connectivity index (χ1v) is 7.67. The van der Waals surface area contributed by atoms with Crippen molar-refractivity contribution in [1.29, 1.82) is 0 Å². The number of thiocarbonyl (C=S) groups is 1. The molecule has 1 fully saturated rings. The number of hydrogen-bond donors (Lipinski definition) is 3. The Balaban J connectivity index is 1.69. The van der Waals surface area contributed by atoms with Gasteiger partial charge < -0.3 is 19.9 Å². The van der Waals surface area contributed by atoms with E-state index in [0.717, 1.165) is 25.0 Å². The van der Waals surface area contributed by atoms with Crippen molar-refractivity contribution in [3.8, 4) is 5.75 Å². The minimum absolute atomic E-state index is 0.220. The summed E-state index contributed by atoms with van der Waals surface area (Å²) in [7, 11) is 0. The molecule has 0 aliphatic carbocycles. The van der Waals surface area contributed by atoms with Crippen LogP contribution in [0.3, 0.4) is 0 Å². The van der Waals surface area contributed by atoms with Crippen molar-refractivity contribution < 1.29 is 19.4 Å². The van der Waals surface area contributed by atoms with Crippen molar-refractivity contribution in [3.05, 3.63) is 29.8 Å². The van der Waals surface area contributed by atoms with Crippen LogP contribution in [0.15, 0.2) is 29.4 Å². The number of rotatable bonds is 7. The Bertz CT molecular complexity index is 556. The Morgan fingerprint density at radius 3 is 2.91 bits per heavy atom. The van der Waals surface area contributed by atoms with E-state index >= 15 is 0 Å². The zero-order chi connectivity index (χ0) is 16.5. The summed E-state index contributed by atoms with van der Waals surface area (Å²) in [6.45, 7) is 1.13. The number of nitrogens with one attached hydrogen (secondary N) is 2. The molecule has 7 nitrogen and oxygen atoms in total. The molecule has 0 amide bonds. The predicted octanol–water partition coefficient (Wildman–Crippen LogP) is 1.13. The molecule has 1 aliphatic rings. The van der Waals surface area contributed by atoms with Gasteiger partial charge in [0.2, 0.25) is 0 Å². The van der Waals surface area contributed by atoms with Gasteiger partial charge >= 0.3 is 5.97 Å². The summed E-state index contributed by atoms with van der Waals surface area (Å²) in [5.41, 5.74) is 3.57. The Labute approximate surface area is 139 Å². The Morgan fingerprint density at radius 2 is 2.26 bits per heavy atom. The van der Waals surface area contributed by atoms with E-state index in [1.165, 1.54) is 0 Å². The number of benzene rings is 1. The summed E-state index contributed by atoms with van der Waals surface area (Å²) in [6.07, 6.45) is 3.98. The molecule has 0 saturated carbocycles. The average molecular weight is 337 g/mol. The van der Waals surface area contributed by atoms with Crippen LogP contribution in [0, 0.1) is 0 Å². The average Bonchev–Trinajstić information content (AvgIpc) is 3.05. The highest BCUT2D eigenvalue weighted by Gasteiger charge is 2.14. The van der Waals surface area contributed by atoms with Gasteiger partial charge in [0.1, 0.15) is 5.75 Å². The van der Waals surface area contributed by atoms with Crippen molar-refractivity contribution in [3.63, 3.8) is 0 Å². The molecule has 1 aromatic rings. The summed E-state index contributed by atoms with van der Waals surface area (Å²) in [5.74, 6) is -0.518. The fourth-order valence-corrected chi connectivity index (χ4v) is 2.15. The maximum absolute atomic E-state index is 10.4. The quantitative estimate of drug-likeness (QED) is 0.390. The lowest BCUT2D eigenvalue weighted by atomic mass is 10.2. The van der Waals surface area contributed by atoms with E-state index in [2.05, 4.69) is 15.8 Å². The van der Waals surface area contributed by atoms with Crippen molar-refractivity contribution in [2.75, 3.05) is 19.8 Å². The first-order chi connectivity index (χ1) is 11.1. The van der Waals surface area contributed by atoms with Crippen LogP contribution in [0.5, 0.6) is 5.75 Å². The number of aliphatic carboxylic acids is 1. The van der Waals surface area contributed by atoms with E-state index in [1.807, 2.05) is 0 Å². The van der Waals surface area contributed by atoms with E-state index in [-0.39, 0.29) is 12.7 Å². The molecule has 0 unspecified atom stereocenters. The van der Waals surface area contributed by atoms with Crippen LogP contribution in [0.25, 0.3) is 0 Å². The summed E-state index contributed by atoms with van der Waals surface area (Å²) in [6, 6.07) is 6.90. The minimum atomic E-state index is -1.01. The van der Waals surface area contributed by atoms with Crippen LogP contribution in [-0.4, -0.2) is 48.3 Å². The van der Waals surface area contributed by atoms with Gasteiger partial charge in [0.15, 0.2) is 11.7 Å². The van der Waals surface area contributed by atoms with Crippen molar-refractivity contribution in [2.45, 2.75) is 18.9 Å². The Kier molecular flexibility index (Phi) is 6.76. The SMILES string of the molecule is O=C(O)COc1ccc(/C=N\NC(=S)NC[C@@H]2CCCO2)cc1. The molecule has 0 bridgehead atoms. The molecule has 1 aliphatic heterocycles. The number of ether oxygens (including phenoxy) is 2. The van der Waals surface area contributed by atoms with E-state index in [4.69, 9.17) is 26.8 Å². The number of carboxylic acid groups (broad SMARTS) is 1. The van der Waals surface area contributed by atoms with E-state index in [1.54, 1.807) is 30.5 Å². The fourth-order valence-electron chi connectivity index (χ4n) is 2.01. The van der Waals surface area contributed by atoms with Crippen LogP contribution < -0.4 is 15.5 Å². The highest BCUT2D eigenvalue weighted by atomic mass is 32.1. The maximum atomic E-state index is 10.4. The smallest absolute Gasteiger partial charge is 0.341 e. The molecule has 2 rings (SSSR count). The highest BCUT2D eigenvalue weighted by Crippen LogP contribution is 2.11. The van der Waals surface area contributed by atoms with Gasteiger partial charge in [-0.1, -0.05) is 0 Å². The molecule has 0 radical (unpaired) electrons. The molecule has 124 valence electrons. The predicted molar refractivity (Wildman–Crippen MR) is 89.9 cm³/mol. The van der Waals surface area contributed by atoms with Crippen LogP contribution in [0.1, 0.15) is 18.4 Å². The third-order valence-electron chi connectivity index (χ3n) is 3.14. The van der Waals surface area contributed by atoms with Gasteiger partial charge in [-0.3, -0.25) is 5.43 Å². The second-order valence-electron chi connectivity index (χ2n) is 4.97. The van der Waals surface area contributed by atoms with Gasteiger partial charge in [0.05, 0.1) is 12.3 Å². The molecule has 1 aromatic carbocycles. The first kappa shape index (κ1) is 17.2. The number of nitrogens with zero attached hydrogens (tertiary/aromatic N) is 1. The lowest BCUT2D eigenvalue weighted by molar-refractivity contribution is -0.139. The van der Waals surface area contributed by atoms with Gasteiger partial charge in [-0.25, -0.2) is 4.79 Å². The molecule has 3 N–H and O–H groups in total. The van der Waals surface area contributed by atoms with Gasteiger partial charge in [0, 0.05) is 13.2 Å². The molecule has 1 saturated heterocycles. The van der Waals surface area contributed by atoms with Gasteiger partial charge in [-0.05, 0) is 54.9 Å². The lowest BCUT2D eigenvalue weighted by Crippen LogP contribution is -2.37. The molecule has 1 heterocycles. The zero-order valence-corrected chi connectivity index (χ0v) is 13.3. The number of carbonyl (C=O) groups is 1. The molecule has 23 heavy (non-hydrogen) atoms. The van der Waals surface area contributed by atoms with Gasteiger partial charge in [0.25, 0.3) is 0 Å². The minimum Gasteiger partial charge on any atom is -0.482 e. The molecule has 8 heteroatoms. The van der Waals surface area contributed by atoms with Gasteiger partial charge in [-0.2, -0.15) is 5.10 Å². The molecular formula is C15H19N3O4S. The van der Waals surface area contributed by atoms with E-state index in [9.17, 15) is 4.79 Å². The van der Waals surface area contributed by atoms with Crippen molar-refractivity contribution in [1.82, 2.24) is 10.7 Å². The largest absolute Gasteiger partial charge is 0.482 e. The molecule has 1 atom stereocenters.